The molecule has 2 N–H and O–H groups in total. The second-order valence-electron chi connectivity index (χ2n) is 4.85. The van der Waals surface area contributed by atoms with Crippen LogP contribution in [0.15, 0.2) is 29.2 Å². The van der Waals surface area contributed by atoms with Crippen LogP contribution in [-0.2, 0) is 14.8 Å². The molecule has 0 aliphatic carbocycles. The Morgan fingerprint density at radius 1 is 1.40 bits per heavy atom. The first-order chi connectivity index (χ1) is 9.43. The third-order valence-corrected chi connectivity index (χ3v) is 5.30. The van der Waals surface area contributed by atoms with Crippen molar-refractivity contribution in [3.05, 3.63) is 24.3 Å². The van der Waals surface area contributed by atoms with Crippen molar-refractivity contribution in [3.63, 3.8) is 0 Å². The smallest absolute Gasteiger partial charge is 0.245 e. The van der Waals surface area contributed by atoms with E-state index in [4.69, 9.17) is 0 Å². The van der Waals surface area contributed by atoms with Gasteiger partial charge in [0.2, 0.25) is 15.9 Å². The molecule has 20 heavy (non-hydrogen) atoms. The number of hydrogen-bond acceptors (Lipinski definition) is 4. The van der Waals surface area contributed by atoms with E-state index in [9.17, 15) is 13.2 Å². The standard InChI is InChI=1S/C13H19N3O3S/c1-10-9-14-7-8-16(10)20(18,19)13-6-4-3-5-12(13)15-11(2)17/h3-6,10,14H,7-9H2,1-2H3,(H,15,17). The third kappa shape index (κ3) is 3.00. The normalized spacial score (nSPS) is 20.6. The number of sulfonamides is 1. The number of anilines is 1. The van der Waals surface area contributed by atoms with Crippen molar-refractivity contribution in [1.82, 2.24) is 9.62 Å². The Morgan fingerprint density at radius 3 is 2.75 bits per heavy atom. The summed E-state index contributed by atoms with van der Waals surface area (Å²) in [6.07, 6.45) is 0. The molecule has 0 aromatic heterocycles. The van der Waals surface area contributed by atoms with Gasteiger partial charge in [-0.25, -0.2) is 8.42 Å². The minimum Gasteiger partial charge on any atom is -0.325 e. The van der Waals surface area contributed by atoms with Crippen LogP contribution < -0.4 is 10.6 Å². The summed E-state index contributed by atoms with van der Waals surface area (Å²) in [5.74, 6) is -0.291. The molecule has 1 aromatic carbocycles. The fourth-order valence-electron chi connectivity index (χ4n) is 2.29. The molecule has 0 radical (unpaired) electrons. The zero-order chi connectivity index (χ0) is 14.8. The van der Waals surface area contributed by atoms with Crippen molar-refractivity contribution in [1.29, 1.82) is 0 Å². The number of nitrogens with one attached hydrogen (secondary N) is 2. The number of rotatable bonds is 3. The van der Waals surface area contributed by atoms with E-state index < -0.39 is 10.0 Å². The van der Waals surface area contributed by atoms with Gasteiger partial charge in [-0.3, -0.25) is 4.79 Å². The maximum atomic E-state index is 12.7. The molecule has 1 fully saturated rings. The summed E-state index contributed by atoms with van der Waals surface area (Å²) in [4.78, 5) is 11.3. The fourth-order valence-corrected chi connectivity index (χ4v) is 4.07. The molecule has 1 atom stereocenters. The first-order valence-corrected chi connectivity index (χ1v) is 7.96. The number of nitrogens with zero attached hydrogens (tertiary/aromatic N) is 1. The van der Waals surface area contributed by atoms with E-state index in [-0.39, 0.29) is 16.8 Å². The summed E-state index contributed by atoms with van der Waals surface area (Å²) in [7, 11) is -3.61. The SMILES string of the molecule is CC(=O)Nc1ccccc1S(=O)(=O)N1CCNCC1C. The summed E-state index contributed by atoms with van der Waals surface area (Å²) in [6.45, 7) is 4.91. The van der Waals surface area contributed by atoms with Crippen LogP contribution in [0.5, 0.6) is 0 Å². The predicted octanol–water partition coefficient (Wildman–Crippen LogP) is 0.627. The van der Waals surface area contributed by atoms with Gasteiger partial charge in [0, 0.05) is 32.6 Å². The summed E-state index contributed by atoms with van der Waals surface area (Å²) < 4.78 is 27.0. The zero-order valence-electron chi connectivity index (χ0n) is 11.6. The topological polar surface area (TPSA) is 78.5 Å². The number of carbonyl (C=O) groups excluding carboxylic acids is 1. The Balaban J connectivity index is 2.41. The van der Waals surface area contributed by atoms with Crippen molar-refractivity contribution in [2.24, 2.45) is 0 Å². The van der Waals surface area contributed by atoms with Gasteiger partial charge in [-0.15, -0.1) is 0 Å². The Morgan fingerprint density at radius 2 is 2.10 bits per heavy atom. The Labute approximate surface area is 119 Å². The number of hydrogen-bond donors (Lipinski definition) is 2. The van der Waals surface area contributed by atoms with Crippen LogP contribution in [0.2, 0.25) is 0 Å². The highest BCUT2D eigenvalue weighted by Crippen LogP contribution is 2.26. The van der Waals surface area contributed by atoms with E-state index in [2.05, 4.69) is 10.6 Å². The monoisotopic (exact) mass is 297 g/mol. The van der Waals surface area contributed by atoms with Crippen LogP contribution >= 0.6 is 0 Å². The quantitative estimate of drug-likeness (QED) is 0.857. The van der Waals surface area contributed by atoms with Crippen LogP contribution in [0.1, 0.15) is 13.8 Å². The summed E-state index contributed by atoms with van der Waals surface area (Å²) in [6, 6.07) is 6.37. The average Bonchev–Trinajstić information content (AvgIpc) is 2.38. The first kappa shape index (κ1) is 15.0. The molecule has 1 aliphatic rings. The van der Waals surface area contributed by atoms with Crippen molar-refractivity contribution in [3.8, 4) is 0 Å². The highest BCUT2D eigenvalue weighted by atomic mass is 32.2. The van der Waals surface area contributed by atoms with Crippen LogP contribution in [0, 0.1) is 0 Å². The third-order valence-electron chi connectivity index (χ3n) is 3.22. The molecule has 1 unspecified atom stereocenters. The number of benzene rings is 1. The summed E-state index contributed by atoms with van der Waals surface area (Å²) >= 11 is 0. The van der Waals surface area contributed by atoms with Gasteiger partial charge in [-0.1, -0.05) is 12.1 Å². The summed E-state index contributed by atoms with van der Waals surface area (Å²) in [5.41, 5.74) is 0.325. The van der Waals surface area contributed by atoms with Crippen molar-refractivity contribution < 1.29 is 13.2 Å². The van der Waals surface area contributed by atoms with E-state index in [1.807, 2.05) is 6.92 Å². The first-order valence-electron chi connectivity index (χ1n) is 6.52. The van der Waals surface area contributed by atoms with Crippen molar-refractivity contribution in [2.45, 2.75) is 24.8 Å². The van der Waals surface area contributed by atoms with Crippen molar-refractivity contribution in [2.75, 3.05) is 25.0 Å². The highest BCUT2D eigenvalue weighted by molar-refractivity contribution is 7.89. The molecule has 1 heterocycles. The molecule has 2 rings (SSSR count). The van der Waals surface area contributed by atoms with E-state index >= 15 is 0 Å². The number of para-hydroxylation sites is 1. The van der Waals surface area contributed by atoms with Gasteiger partial charge in [0.25, 0.3) is 0 Å². The lowest BCUT2D eigenvalue weighted by Crippen LogP contribution is -2.52. The van der Waals surface area contributed by atoms with E-state index in [1.165, 1.54) is 17.3 Å². The predicted molar refractivity (Wildman–Crippen MR) is 77.0 cm³/mol. The van der Waals surface area contributed by atoms with Crippen LogP contribution in [0.25, 0.3) is 0 Å². The number of piperazine rings is 1. The van der Waals surface area contributed by atoms with Gasteiger partial charge < -0.3 is 10.6 Å². The zero-order valence-corrected chi connectivity index (χ0v) is 12.4. The molecular weight excluding hydrogens is 278 g/mol. The van der Waals surface area contributed by atoms with E-state index in [0.29, 0.717) is 25.3 Å². The van der Waals surface area contributed by atoms with Gasteiger partial charge in [0.15, 0.2) is 0 Å². The highest BCUT2D eigenvalue weighted by Gasteiger charge is 2.32. The molecule has 110 valence electrons. The fraction of sp³-hybridized carbons (Fsp3) is 0.462. The lowest BCUT2D eigenvalue weighted by atomic mass is 10.3. The Hall–Kier alpha value is -1.44. The molecule has 7 heteroatoms. The lowest BCUT2D eigenvalue weighted by Gasteiger charge is -2.33. The lowest BCUT2D eigenvalue weighted by molar-refractivity contribution is -0.114. The molecule has 1 amide bonds. The van der Waals surface area contributed by atoms with E-state index in [0.717, 1.165) is 0 Å². The second kappa shape index (κ2) is 5.90. The van der Waals surface area contributed by atoms with Gasteiger partial charge in [0.1, 0.15) is 4.90 Å². The minimum atomic E-state index is -3.61. The van der Waals surface area contributed by atoms with Crippen LogP contribution in [-0.4, -0.2) is 44.3 Å². The van der Waals surface area contributed by atoms with Gasteiger partial charge in [-0.05, 0) is 19.1 Å². The molecular formula is C13H19N3O3S. The van der Waals surface area contributed by atoms with Crippen LogP contribution in [0.4, 0.5) is 5.69 Å². The Kier molecular flexibility index (Phi) is 4.42. The van der Waals surface area contributed by atoms with Gasteiger partial charge in [-0.2, -0.15) is 4.31 Å². The minimum absolute atomic E-state index is 0.112. The maximum Gasteiger partial charge on any atom is 0.245 e. The molecule has 1 saturated heterocycles. The number of carbonyl (C=O) groups is 1. The second-order valence-corrected chi connectivity index (χ2v) is 6.71. The van der Waals surface area contributed by atoms with E-state index in [1.54, 1.807) is 18.2 Å². The Bertz CT molecular complexity index is 601. The van der Waals surface area contributed by atoms with Gasteiger partial charge >= 0.3 is 0 Å². The number of amides is 1. The average molecular weight is 297 g/mol. The summed E-state index contributed by atoms with van der Waals surface area (Å²) in [5, 5.41) is 5.73. The molecule has 0 saturated carbocycles. The van der Waals surface area contributed by atoms with Gasteiger partial charge in [0.05, 0.1) is 5.69 Å². The molecule has 1 aromatic rings. The molecule has 0 spiro atoms. The van der Waals surface area contributed by atoms with Crippen molar-refractivity contribution >= 4 is 21.6 Å². The maximum absolute atomic E-state index is 12.7. The molecule has 0 bridgehead atoms. The largest absolute Gasteiger partial charge is 0.325 e. The van der Waals surface area contributed by atoms with Crippen LogP contribution in [0.3, 0.4) is 0 Å². The molecule has 6 nitrogen and oxygen atoms in total. The molecule has 1 aliphatic heterocycles.